The Morgan fingerprint density at radius 2 is 1.42 bits per heavy atom. The van der Waals surface area contributed by atoms with Crippen molar-refractivity contribution in [1.29, 1.82) is 0 Å². The summed E-state index contributed by atoms with van der Waals surface area (Å²) in [6.45, 7) is 8.14. The molecule has 0 aliphatic rings. The van der Waals surface area contributed by atoms with Crippen molar-refractivity contribution in [2.45, 2.75) is 103 Å². The molecule has 0 spiro atoms. The van der Waals surface area contributed by atoms with Gasteiger partial charge in [-0.1, -0.05) is 126 Å². The maximum Gasteiger partial charge on any atom is 0.112 e. The molecule has 1 aromatic heterocycles. The minimum Gasteiger partial charge on any atom is -0.335 e. The Hall–Kier alpha value is -2.35. The van der Waals surface area contributed by atoms with E-state index in [1.54, 1.807) is 0 Å². The second-order valence-corrected chi connectivity index (χ2v) is 9.89. The lowest BCUT2D eigenvalue weighted by Gasteiger charge is -2.39. The number of benzene rings is 2. The molecule has 2 heteroatoms. The van der Waals surface area contributed by atoms with E-state index in [-0.39, 0.29) is 5.41 Å². The lowest BCUT2D eigenvalue weighted by atomic mass is 9.66. The van der Waals surface area contributed by atoms with E-state index < -0.39 is 0 Å². The first-order valence-corrected chi connectivity index (χ1v) is 13.3. The number of aromatic nitrogens is 2. The van der Waals surface area contributed by atoms with Gasteiger partial charge in [0.25, 0.3) is 0 Å². The normalized spacial score (nSPS) is 14.2. The fourth-order valence-corrected chi connectivity index (χ4v) is 5.30. The summed E-state index contributed by atoms with van der Waals surface area (Å²) in [6.07, 6.45) is 16.8. The predicted octanol–water partition coefficient (Wildman–Crippen LogP) is 8.72. The number of aryl methyl sites for hydroxylation is 1. The second kappa shape index (κ2) is 13.4. The Balaban J connectivity index is 1.97. The number of rotatable bonds is 15. The molecule has 0 aliphatic carbocycles. The highest BCUT2D eigenvalue weighted by molar-refractivity contribution is 5.33. The third kappa shape index (κ3) is 7.06. The lowest BCUT2D eigenvalue weighted by Crippen LogP contribution is -2.35. The molecule has 33 heavy (non-hydrogen) atoms. The van der Waals surface area contributed by atoms with Crippen LogP contribution in [0.2, 0.25) is 0 Å². The topological polar surface area (TPSA) is 17.8 Å². The summed E-state index contributed by atoms with van der Waals surface area (Å²) in [4.78, 5) is 5.01. The molecule has 3 rings (SSSR count). The Bertz CT molecular complexity index is 899. The molecule has 0 amide bonds. The Labute approximate surface area is 202 Å². The first-order chi connectivity index (χ1) is 16.2. The monoisotopic (exact) mass is 444 g/mol. The van der Waals surface area contributed by atoms with E-state index >= 15 is 0 Å². The number of hydrogen-bond donors (Lipinski definition) is 0. The molecule has 0 fully saturated rings. The van der Waals surface area contributed by atoms with Crippen LogP contribution in [0.15, 0.2) is 73.1 Å². The first-order valence-electron chi connectivity index (χ1n) is 13.3. The van der Waals surface area contributed by atoms with Gasteiger partial charge >= 0.3 is 0 Å². The summed E-state index contributed by atoms with van der Waals surface area (Å²) >= 11 is 0. The van der Waals surface area contributed by atoms with Crippen molar-refractivity contribution in [3.05, 3.63) is 90.0 Å². The van der Waals surface area contributed by atoms with E-state index in [9.17, 15) is 0 Å². The molecular formula is C31H44N2. The Morgan fingerprint density at radius 1 is 0.788 bits per heavy atom. The predicted molar refractivity (Wildman–Crippen MR) is 142 cm³/mol. The molecule has 0 saturated heterocycles. The van der Waals surface area contributed by atoms with Crippen LogP contribution in [0.5, 0.6) is 0 Å². The first kappa shape index (κ1) is 25.3. The van der Waals surface area contributed by atoms with E-state index in [0.29, 0.717) is 5.92 Å². The average Bonchev–Trinajstić information content (AvgIpc) is 3.31. The molecule has 0 saturated carbocycles. The van der Waals surface area contributed by atoms with Gasteiger partial charge in [0.15, 0.2) is 0 Å². The zero-order valence-corrected chi connectivity index (χ0v) is 21.2. The fraction of sp³-hybridized carbons (Fsp3) is 0.516. The van der Waals surface area contributed by atoms with E-state index in [2.05, 4.69) is 92.2 Å². The van der Waals surface area contributed by atoms with Crippen molar-refractivity contribution in [3.63, 3.8) is 0 Å². The van der Waals surface area contributed by atoms with Crippen molar-refractivity contribution in [3.8, 4) is 0 Å². The molecule has 178 valence electrons. The van der Waals surface area contributed by atoms with Crippen molar-refractivity contribution >= 4 is 0 Å². The van der Waals surface area contributed by atoms with Crippen LogP contribution < -0.4 is 0 Å². The van der Waals surface area contributed by atoms with Gasteiger partial charge in [0.1, 0.15) is 5.82 Å². The van der Waals surface area contributed by atoms with Crippen LogP contribution in [0.1, 0.15) is 101 Å². The number of imidazole rings is 1. The second-order valence-electron chi connectivity index (χ2n) is 9.89. The molecule has 3 aromatic rings. The molecule has 2 aromatic carbocycles. The highest BCUT2D eigenvalue weighted by Crippen LogP contribution is 2.44. The highest BCUT2D eigenvalue weighted by atomic mass is 15.1. The SMILES string of the molecule is CCCCCCC(c1nccn1CCCCCC)C(C)(Cc1ccccc1)c1ccccc1. The average molecular weight is 445 g/mol. The summed E-state index contributed by atoms with van der Waals surface area (Å²) in [7, 11) is 0. The van der Waals surface area contributed by atoms with Crippen LogP contribution in [0.3, 0.4) is 0 Å². The highest BCUT2D eigenvalue weighted by Gasteiger charge is 2.39. The van der Waals surface area contributed by atoms with Crippen LogP contribution in [0.25, 0.3) is 0 Å². The van der Waals surface area contributed by atoms with Crippen molar-refractivity contribution < 1.29 is 0 Å². The van der Waals surface area contributed by atoms with Crippen LogP contribution in [0.4, 0.5) is 0 Å². The molecule has 0 aliphatic heterocycles. The molecule has 2 unspecified atom stereocenters. The van der Waals surface area contributed by atoms with Gasteiger partial charge in [-0.05, 0) is 30.4 Å². The summed E-state index contributed by atoms with van der Waals surface area (Å²) in [5.41, 5.74) is 2.82. The molecule has 2 nitrogen and oxygen atoms in total. The largest absolute Gasteiger partial charge is 0.335 e. The van der Waals surface area contributed by atoms with Gasteiger partial charge in [0.2, 0.25) is 0 Å². The third-order valence-electron chi connectivity index (χ3n) is 7.27. The summed E-state index contributed by atoms with van der Waals surface area (Å²) in [6, 6.07) is 22.2. The fourth-order valence-electron chi connectivity index (χ4n) is 5.30. The third-order valence-corrected chi connectivity index (χ3v) is 7.27. The van der Waals surface area contributed by atoms with Gasteiger partial charge in [-0.2, -0.15) is 0 Å². The van der Waals surface area contributed by atoms with Gasteiger partial charge in [-0.15, -0.1) is 0 Å². The van der Waals surface area contributed by atoms with Gasteiger partial charge in [-0.25, -0.2) is 4.98 Å². The van der Waals surface area contributed by atoms with Crippen LogP contribution in [-0.2, 0) is 18.4 Å². The lowest BCUT2D eigenvalue weighted by molar-refractivity contribution is 0.322. The zero-order chi connectivity index (χ0) is 23.4. The maximum atomic E-state index is 5.01. The van der Waals surface area contributed by atoms with Gasteiger partial charge in [0, 0.05) is 30.3 Å². The number of hydrogen-bond acceptors (Lipinski definition) is 1. The molecule has 2 atom stereocenters. The molecular weight excluding hydrogens is 400 g/mol. The van der Waals surface area contributed by atoms with E-state index in [1.165, 1.54) is 74.7 Å². The molecule has 0 bridgehead atoms. The molecule has 1 heterocycles. The molecule has 0 N–H and O–H groups in total. The Kier molecular flexibility index (Phi) is 10.2. The van der Waals surface area contributed by atoms with Gasteiger partial charge in [0.05, 0.1) is 0 Å². The number of unbranched alkanes of at least 4 members (excludes halogenated alkanes) is 6. The van der Waals surface area contributed by atoms with Gasteiger partial charge < -0.3 is 4.57 Å². The number of nitrogens with zero attached hydrogens (tertiary/aromatic N) is 2. The van der Waals surface area contributed by atoms with Gasteiger partial charge in [-0.3, -0.25) is 0 Å². The minimum atomic E-state index is -0.0125. The van der Waals surface area contributed by atoms with Crippen LogP contribution in [0, 0.1) is 0 Å². The van der Waals surface area contributed by atoms with Crippen molar-refractivity contribution in [2.24, 2.45) is 0 Å². The van der Waals surface area contributed by atoms with Crippen molar-refractivity contribution in [2.75, 3.05) is 0 Å². The summed E-state index contributed by atoms with van der Waals surface area (Å²) < 4.78 is 2.46. The standard InChI is InChI=1S/C31H44N2/c1-4-6-8-16-22-29(30-32-23-25-33(30)24-17-9-7-5-2)31(3,28-20-14-11-15-21-28)26-27-18-12-10-13-19-27/h10-15,18-21,23,25,29H,4-9,16-17,22,24,26H2,1-3H3. The Morgan fingerprint density at radius 3 is 2.09 bits per heavy atom. The van der Waals surface area contributed by atoms with E-state index in [1.807, 2.05) is 6.20 Å². The van der Waals surface area contributed by atoms with Crippen LogP contribution >= 0.6 is 0 Å². The zero-order valence-electron chi connectivity index (χ0n) is 21.2. The molecule has 0 radical (unpaired) electrons. The van der Waals surface area contributed by atoms with E-state index in [0.717, 1.165) is 13.0 Å². The minimum absolute atomic E-state index is 0.0125. The van der Waals surface area contributed by atoms with Crippen LogP contribution in [-0.4, -0.2) is 9.55 Å². The van der Waals surface area contributed by atoms with E-state index in [4.69, 9.17) is 4.98 Å². The smallest absolute Gasteiger partial charge is 0.112 e. The maximum absolute atomic E-state index is 5.01. The quantitative estimate of drug-likeness (QED) is 0.214. The van der Waals surface area contributed by atoms with Crippen molar-refractivity contribution in [1.82, 2.24) is 9.55 Å². The summed E-state index contributed by atoms with van der Waals surface area (Å²) in [5, 5.41) is 0. The summed E-state index contributed by atoms with van der Waals surface area (Å²) in [5.74, 6) is 1.67.